The minimum atomic E-state index is -0.0765. The van der Waals surface area contributed by atoms with Crippen LogP contribution in [0.15, 0.2) is 24.3 Å². The maximum Gasteiger partial charge on any atom is 0.229 e. The number of likely N-dealkylation sites (tertiary alicyclic amines) is 1. The van der Waals surface area contributed by atoms with Gasteiger partial charge in [-0.2, -0.15) is 0 Å². The molecule has 1 fully saturated rings. The highest BCUT2D eigenvalue weighted by molar-refractivity contribution is 6.01. The van der Waals surface area contributed by atoms with Gasteiger partial charge < -0.3 is 10.5 Å². The number of nitrogens with two attached hydrogens (primary N) is 1. The summed E-state index contributed by atoms with van der Waals surface area (Å²) in [5.74, 6) is 0.615. The molecule has 102 valence electrons. The summed E-state index contributed by atoms with van der Waals surface area (Å²) in [7, 11) is 0. The monoisotopic (exact) mass is 262 g/mol. The lowest BCUT2D eigenvalue weighted by atomic mass is 10.2. The Morgan fingerprint density at radius 2 is 1.84 bits per heavy atom. The van der Waals surface area contributed by atoms with Crippen LogP contribution in [0.4, 0.5) is 0 Å². The Hall–Kier alpha value is -1.88. The van der Waals surface area contributed by atoms with Crippen LogP contribution in [-0.2, 0) is 16.1 Å². The maximum atomic E-state index is 11.4. The average molecular weight is 262 g/mol. The number of hydrogen-bond acceptors (Lipinski definition) is 4. The molecule has 1 saturated heterocycles. The van der Waals surface area contributed by atoms with Crippen molar-refractivity contribution in [2.24, 2.45) is 5.73 Å². The summed E-state index contributed by atoms with van der Waals surface area (Å²) < 4.78 is 5.63. The van der Waals surface area contributed by atoms with Crippen molar-refractivity contribution in [3.63, 3.8) is 0 Å². The third-order valence-corrected chi connectivity index (χ3v) is 3.13. The SMILES string of the molecule is NCc1ccccc1OCCCN1C(=O)CCC1=O. The van der Waals surface area contributed by atoms with Gasteiger partial charge in [-0.15, -0.1) is 0 Å². The molecule has 19 heavy (non-hydrogen) atoms. The summed E-state index contributed by atoms with van der Waals surface area (Å²) in [6.45, 7) is 1.33. The third kappa shape index (κ3) is 3.32. The van der Waals surface area contributed by atoms with Crippen molar-refractivity contribution in [1.29, 1.82) is 0 Å². The van der Waals surface area contributed by atoms with Crippen molar-refractivity contribution in [2.75, 3.05) is 13.2 Å². The van der Waals surface area contributed by atoms with E-state index in [1.165, 1.54) is 4.90 Å². The molecule has 0 bridgehead atoms. The average Bonchev–Trinajstić information content (AvgIpc) is 2.75. The lowest BCUT2D eigenvalue weighted by Crippen LogP contribution is -2.30. The number of imide groups is 1. The minimum absolute atomic E-state index is 0.0765. The zero-order valence-corrected chi connectivity index (χ0v) is 10.8. The van der Waals surface area contributed by atoms with Gasteiger partial charge in [0.1, 0.15) is 5.75 Å². The van der Waals surface area contributed by atoms with E-state index in [1.807, 2.05) is 24.3 Å². The van der Waals surface area contributed by atoms with E-state index in [1.54, 1.807) is 0 Å². The normalized spacial score (nSPS) is 15.1. The Bertz CT molecular complexity index is 458. The first kappa shape index (κ1) is 13.5. The van der Waals surface area contributed by atoms with Crippen molar-refractivity contribution in [3.8, 4) is 5.75 Å². The lowest BCUT2D eigenvalue weighted by Gasteiger charge is -2.14. The van der Waals surface area contributed by atoms with Crippen LogP contribution in [0.25, 0.3) is 0 Å². The number of carbonyl (C=O) groups is 2. The third-order valence-electron chi connectivity index (χ3n) is 3.13. The van der Waals surface area contributed by atoms with E-state index in [0.717, 1.165) is 11.3 Å². The molecule has 0 radical (unpaired) electrons. The van der Waals surface area contributed by atoms with Gasteiger partial charge in [0.05, 0.1) is 6.61 Å². The molecule has 1 heterocycles. The van der Waals surface area contributed by atoms with Crippen LogP contribution in [0.1, 0.15) is 24.8 Å². The van der Waals surface area contributed by atoms with Gasteiger partial charge in [-0.25, -0.2) is 0 Å². The van der Waals surface area contributed by atoms with Crippen LogP contribution in [0.5, 0.6) is 5.75 Å². The summed E-state index contributed by atoms with van der Waals surface area (Å²) in [4.78, 5) is 24.1. The van der Waals surface area contributed by atoms with Crippen molar-refractivity contribution >= 4 is 11.8 Å². The first-order chi connectivity index (χ1) is 9.22. The fraction of sp³-hybridized carbons (Fsp3) is 0.429. The number of ether oxygens (including phenoxy) is 1. The number of benzene rings is 1. The highest BCUT2D eigenvalue weighted by Gasteiger charge is 2.27. The first-order valence-electron chi connectivity index (χ1n) is 6.46. The van der Waals surface area contributed by atoms with Gasteiger partial charge in [0, 0.05) is 31.5 Å². The standard InChI is InChI=1S/C14H18N2O3/c15-10-11-4-1-2-5-12(11)19-9-3-8-16-13(17)6-7-14(16)18/h1-2,4-5H,3,6-10,15H2. The Balaban J connectivity index is 1.78. The van der Waals surface area contributed by atoms with Gasteiger partial charge >= 0.3 is 0 Å². The summed E-state index contributed by atoms with van der Waals surface area (Å²) in [5.41, 5.74) is 6.57. The second-order valence-corrected chi connectivity index (χ2v) is 4.45. The van der Waals surface area contributed by atoms with Gasteiger partial charge in [0.25, 0.3) is 0 Å². The Labute approximate surface area is 112 Å². The Morgan fingerprint density at radius 1 is 1.16 bits per heavy atom. The minimum Gasteiger partial charge on any atom is -0.493 e. The number of para-hydroxylation sites is 1. The van der Waals surface area contributed by atoms with Crippen molar-refractivity contribution < 1.29 is 14.3 Å². The van der Waals surface area contributed by atoms with Gasteiger partial charge in [-0.3, -0.25) is 14.5 Å². The highest BCUT2D eigenvalue weighted by Crippen LogP contribution is 2.17. The molecular weight excluding hydrogens is 244 g/mol. The van der Waals surface area contributed by atoms with Gasteiger partial charge in [-0.05, 0) is 12.5 Å². The van der Waals surface area contributed by atoms with Crippen molar-refractivity contribution in [2.45, 2.75) is 25.8 Å². The van der Waals surface area contributed by atoms with E-state index >= 15 is 0 Å². The molecule has 0 aromatic heterocycles. The van der Waals surface area contributed by atoms with Gasteiger partial charge in [0.15, 0.2) is 0 Å². The number of amides is 2. The molecule has 5 nitrogen and oxygen atoms in total. The lowest BCUT2D eigenvalue weighted by molar-refractivity contribution is -0.138. The molecule has 1 aromatic carbocycles. The quantitative estimate of drug-likeness (QED) is 0.614. The molecule has 2 amide bonds. The van der Waals surface area contributed by atoms with E-state index in [-0.39, 0.29) is 11.8 Å². The van der Waals surface area contributed by atoms with Crippen molar-refractivity contribution in [1.82, 2.24) is 4.90 Å². The van der Waals surface area contributed by atoms with Crippen LogP contribution in [-0.4, -0.2) is 29.9 Å². The molecule has 1 aliphatic heterocycles. The zero-order chi connectivity index (χ0) is 13.7. The van der Waals surface area contributed by atoms with Gasteiger partial charge in [0.2, 0.25) is 11.8 Å². The second kappa shape index (κ2) is 6.33. The largest absolute Gasteiger partial charge is 0.493 e. The second-order valence-electron chi connectivity index (χ2n) is 4.45. The predicted octanol–water partition coefficient (Wildman–Crippen LogP) is 1.06. The Morgan fingerprint density at radius 3 is 2.53 bits per heavy atom. The molecule has 1 aromatic rings. The van der Waals surface area contributed by atoms with Gasteiger partial charge in [-0.1, -0.05) is 18.2 Å². The van der Waals surface area contributed by atoms with Crippen molar-refractivity contribution in [3.05, 3.63) is 29.8 Å². The van der Waals surface area contributed by atoms with Crippen LogP contribution < -0.4 is 10.5 Å². The van der Waals surface area contributed by atoms with E-state index in [4.69, 9.17) is 10.5 Å². The fourth-order valence-electron chi connectivity index (χ4n) is 2.09. The number of nitrogens with zero attached hydrogens (tertiary/aromatic N) is 1. The van der Waals surface area contributed by atoms with Crippen LogP contribution >= 0.6 is 0 Å². The Kier molecular flexibility index (Phi) is 4.52. The topological polar surface area (TPSA) is 72.6 Å². The van der Waals surface area contributed by atoms with Crippen LogP contribution in [0.3, 0.4) is 0 Å². The summed E-state index contributed by atoms with van der Waals surface area (Å²) in [6.07, 6.45) is 1.32. The maximum absolute atomic E-state index is 11.4. The van der Waals surface area contributed by atoms with Crippen LogP contribution in [0, 0.1) is 0 Å². The molecule has 0 aliphatic carbocycles. The zero-order valence-electron chi connectivity index (χ0n) is 10.8. The van der Waals surface area contributed by atoms with E-state index in [0.29, 0.717) is 39.0 Å². The number of rotatable bonds is 6. The number of hydrogen-bond donors (Lipinski definition) is 1. The molecule has 1 aliphatic rings. The molecule has 5 heteroatoms. The molecule has 2 rings (SSSR count). The molecule has 2 N–H and O–H groups in total. The fourth-order valence-corrected chi connectivity index (χ4v) is 2.09. The van der Waals surface area contributed by atoms with Crippen LogP contribution in [0.2, 0.25) is 0 Å². The molecule has 0 unspecified atom stereocenters. The molecular formula is C14H18N2O3. The summed E-state index contributed by atoms with van der Waals surface area (Å²) in [6, 6.07) is 7.59. The summed E-state index contributed by atoms with van der Waals surface area (Å²) in [5, 5.41) is 0. The van der Waals surface area contributed by atoms with E-state index in [9.17, 15) is 9.59 Å². The first-order valence-corrected chi connectivity index (χ1v) is 6.46. The highest BCUT2D eigenvalue weighted by atomic mass is 16.5. The number of carbonyl (C=O) groups excluding carboxylic acids is 2. The smallest absolute Gasteiger partial charge is 0.229 e. The van der Waals surface area contributed by atoms with E-state index < -0.39 is 0 Å². The predicted molar refractivity (Wildman–Crippen MR) is 70.4 cm³/mol. The molecule has 0 saturated carbocycles. The van der Waals surface area contributed by atoms with E-state index in [2.05, 4.69) is 0 Å². The summed E-state index contributed by atoms with van der Waals surface area (Å²) >= 11 is 0. The molecule has 0 atom stereocenters. The molecule has 0 spiro atoms.